The summed E-state index contributed by atoms with van der Waals surface area (Å²) in [7, 11) is 0. The topological polar surface area (TPSA) is 119 Å². The number of anilines is 1. The molecule has 0 radical (unpaired) electrons. The van der Waals surface area contributed by atoms with Gasteiger partial charge in [-0.3, -0.25) is 9.69 Å². The number of phenolic OH excluding ortho intramolecular Hbond substituents is 2. The van der Waals surface area contributed by atoms with E-state index in [4.69, 9.17) is 5.73 Å². The molecule has 0 spiro atoms. The number of amides is 1. The van der Waals surface area contributed by atoms with Crippen LogP contribution >= 0.6 is 0 Å². The molecule has 1 aliphatic heterocycles. The van der Waals surface area contributed by atoms with E-state index in [1.165, 1.54) is 24.5 Å². The van der Waals surface area contributed by atoms with Gasteiger partial charge < -0.3 is 26.4 Å². The molecule has 6 rings (SSSR count). The normalized spacial score (nSPS) is 32.1. The molecule has 7 nitrogen and oxygen atoms in total. The third kappa shape index (κ3) is 3.21. The minimum Gasteiger partial charge on any atom is -0.508 e. The first-order chi connectivity index (χ1) is 16.3. The molecule has 2 aromatic carbocycles. The van der Waals surface area contributed by atoms with Crippen LogP contribution in [0.1, 0.15) is 48.8 Å². The summed E-state index contributed by atoms with van der Waals surface area (Å²) < 4.78 is 0. The van der Waals surface area contributed by atoms with Crippen LogP contribution in [0.4, 0.5) is 5.69 Å². The molecule has 3 fully saturated rings. The Hall–Kier alpha value is -2.77. The summed E-state index contributed by atoms with van der Waals surface area (Å²) >= 11 is 0. The Balaban J connectivity index is 1.30. The number of benzene rings is 2. The fraction of sp³-hybridized carbons (Fsp3) is 0.519. The predicted molar refractivity (Wildman–Crippen MR) is 128 cm³/mol. The largest absolute Gasteiger partial charge is 0.508 e. The van der Waals surface area contributed by atoms with Gasteiger partial charge in [-0.25, -0.2) is 0 Å². The number of fused-ring (bicyclic) bond motifs is 1. The zero-order chi connectivity index (χ0) is 23.7. The van der Waals surface area contributed by atoms with Gasteiger partial charge in [-0.15, -0.1) is 0 Å². The highest BCUT2D eigenvalue weighted by Gasteiger charge is 2.68. The van der Waals surface area contributed by atoms with Gasteiger partial charge >= 0.3 is 0 Å². The van der Waals surface area contributed by atoms with Gasteiger partial charge in [0.1, 0.15) is 11.5 Å². The van der Waals surface area contributed by atoms with Crippen LogP contribution in [-0.2, 0) is 23.2 Å². The zero-order valence-corrected chi connectivity index (χ0v) is 19.3. The van der Waals surface area contributed by atoms with Gasteiger partial charge in [-0.05, 0) is 85.9 Å². The molecule has 180 valence electrons. The fourth-order valence-corrected chi connectivity index (χ4v) is 7.09. The number of nitrogens with two attached hydrogens (primary N) is 1. The van der Waals surface area contributed by atoms with Crippen LogP contribution in [0, 0.1) is 11.8 Å². The van der Waals surface area contributed by atoms with E-state index < -0.39 is 11.0 Å². The van der Waals surface area contributed by atoms with E-state index in [1.807, 2.05) is 12.1 Å². The first kappa shape index (κ1) is 21.7. The first-order valence-corrected chi connectivity index (χ1v) is 12.4. The highest BCUT2D eigenvalue weighted by Crippen LogP contribution is 2.62. The number of nitrogens with zero attached hydrogens (tertiary/aromatic N) is 1. The number of aromatic hydroxyl groups is 2. The number of hydrogen-bond donors (Lipinski definition) is 5. The van der Waals surface area contributed by atoms with Crippen LogP contribution < -0.4 is 11.1 Å². The van der Waals surface area contributed by atoms with Crippen LogP contribution in [0.5, 0.6) is 11.5 Å². The molecule has 1 heterocycles. The van der Waals surface area contributed by atoms with E-state index in [9.17, 15) is 20.1 Å². The number of piperidine rings is 1. The second kappa shape index (κ2) is 7.62. The second-order valence-electron chi connectivity index (χ2n) is 10.9. The molecule has 3 aliphatic carbocycles. The molecule has 34 heavy (non-hydrogen) atoms. The lowest BCUT2D eigenvalue weighted by Crippen LogP contribution is -2.69. The lowest BCUT2D eigenvalue weighted by Gasteiger charge is -2.59. The smallest absolute Gasteiger partial charge is 0.223 e. The minimum atomic E-state index is -1.01. The van der Waals surface area contributed by atoms with Gasteiger partial charge in [-0.1, -0.05) is 18.2 Å². The Morgan fingerprint density at radius 1 is 1.18 bits per heavy atom. The van der Waals surface area contributed by atoms with Crippen LogP contribution in [0.3, 0.4) is 0 Å². The maximum Gasteiger partial charge on any atom is 0.223 e. The van der Waals surface area contributed by atoms with E-state index in [-0.39, 0.29) is 41.6 Å². The zero-order valence-electron chi connectivity index (χ0n) is 19.3. The average molecular weight is 464 g/mol. The van der Waals surface area contributed by atoms with Crippen molar-refractivity contribution < 1.29 is 20.1 Å². The molecule has 1 saturated heterocycles. The molecular formula is C27H33N3O4. The van der Waals surface area contributed by atoms with E-state index in [2.05, 4.69) is 10.2 Å². The summed E-state index contributed by atoms with van der Waals surface area (Å²) in [5, 5.41) is 35.5. The van der Waals surface area contributed by atoms with E-state index in [0.717, 1.165) is 37.4 Å². The summed E-state index contributed by atoms with van der Waals surface area (Å²) in [4.78, 5) is 15.8. The molecule has 2 bridgehead atoms. The Kier molecular flexibility index (Phi) is 4.87. The molecule has 2 aromatic rings. The van der Waals surface area contributed by atoms with Gasteiger partial charge in [0.05, 0.1) is 11.3 Å². The molecular weight excluding hydrogens is 430 g/mol. The van der Waals surface area contributed by atoms with Gasteiger partial charge in [0.2, 0.25) is 5.91 Å². The quantitative estimate of drug-likeness (QED) is 0.343. The van der Waals surface area contributed by atoms with Crippen molar-refractivity contribution in [2.24, 2.45) is 11.8 Å². The van der Waals surface area contributed by atoms with Crippen molar-refractivity contribution in [3.05, 3.63) is 53.1 Å². The summed E-state index contributed by atoms with van der Waals surface area (Å²) in [6.07, 6.45) is 5.03. The van der Waals surface area contributed by atoms with Crippen molar-refractivity contribution in [2.45, 2.75) is 62.1 Å². The van der Waals surface area contributed by atoms with Gasteiger partial charge in [-0.2, -0.15) is 0 Å². The summed E-state index contributed by atoms with van der Waals surface area (Å²) in [6.45, 7) is 2.16. The average Bonchev–Trinajstić information content (AvgIpc) is 3.56. The Labute approximate surface area is 199 Å². The first-order valence-electron chi connectivity index (χ1n) is 12.4. The number of carbonyl (C=O) groups is 1. The Morgan fingerprint density at radius 2 is 2.00 bits per heavy atom. The third-order valence-electron chi connectivity index (χ3n) is 9.01. The summed E-state index contributed by atoms with van der Waals surface area (Å²) in [5.74, 6) is 0.515. The fourth-order valence-electron chi connectivity index (χ4n) is 7.09. The number of nitrogens with one attached hydrogen (secondary N) is 1. The lowest BCUT2D eigenvalue weighted by molar-refractivity contribution is -0.134. The van der Waals surface area contributed by atoms with Crippen molar-refractivity contribution in [1.82, 2.24) is 10.2 Å². The monoisotopic (exact) mass is 463 g/mol. The number of hydrogen-bond acceptors (Lipinski definition) is 6. The number of carbonyl (C=O) groups excluding carboxylic acids is 1. The van der Waals surface area contributed by atoms with Crippen molar-refractivity contribution in [1.29, 1.82) is 0 Å². The van der Waals surface area contributed by atoms with Crippen molar-refractivity contribution in [3.8, 4) is 11.5 Å². The minimum absolute atomic E-state index is 0.00722. The summed E-state index contributed by atoms with van der Waals surface area (Å²) in [6, 6.07) is 10.6. The van der Waals surface area contributed by atoms with Crippen LogP contribution in [-0.4, -0.2) is 50.9 Å². The summed E-state index contributed by atoms with van der Waals surface area (Å²) in [5.41, 5.74) is 7.57. The van der Waals surface area contributed by atoms with E-state index in [0.29, 0.717) is 18.4 Å². The van der Waals surface area contributed by atoms with Crippen molar-refractivity contribution >= 4 is 11.6 Å². The molecule has 6 N–H and O–H groups in total. The molecule has 4 unspecified atom stereocenters. The maximum absolute atomic E-state index is 13.3. The SMILES string of the molecule is Nc1c(O)cccc1CNC(=O)C1CC23CCN(CC4CC4)C(Cc4ccc(O)cc42)C3(O)C1. The van der Waals surface area contributed by atoms with E-state index >= 15 is 0 Å². The van der Waals surface area contributed by atoms with Gasteiger partial charge in [0, 0.05) is 30.5 Å². The predicted octanol–water partition coefficient (Wildman–Crippen LogP) is 2.42. The highest BCUT2D eigenvalue weighted by atomic mass is 16.3. The molecule has 1 amide bonds. The third-order valence-corrected chi connectivity index (χ3v) is 9.01. The standard InChI is InChI=1S/C27H33N3O4/c28-24-18(2-1-3-22(24)32)14-29-25(33)19-12-26-8-9-30(15-16-4-5-16)23(27(26,34)13-19)10-17-6-7-20(31)11-21(17)26/h1-3,6-7,11,16,19,23,31-32,34H,4-5,8-10,12-15,28H2,(H,29,33). The molecule has 7 heteroatoms. The number of para-hydroxylation sites is 1. The number of aliphatic hydroxyl groups is 1. The van der Waals surface area contributed by atoms with Gasteiger partial charge in [0.15, 0.2) is 0 Å². The molecule has 0 aromatic heterocycles. The lowest BCUT2D eigenvalue weighted by atomic mass is 9.56. The van der Waals surface area contributed by atoms with Crippen molar-refractivity contribution in [3.63, 3.8) is 0 Å². The highest BCUT2D eigenvalue weighted by molar-refractivity contribution is 5.80. The Bertz CT molecular complexity index is 1150. The number of likely N-dealkylation sites (tertiary alicyclic amines) is 1. The van der Waals surface area contributed by atoms with Crippen LogP contribution in [0.2, 0.25) is 0 Å². The van der Waals surface area contributed by atoms with Gasteiger partial charge in [0.25, 0.3) is 0 Å². The van der Waals surface area contributed by atoms with Crippen molar-refractivity contribution in [2.75, 3.05) is 18.8 Å². The molecule has 4 atom stereocenters. The molecule has 2 saturated carbocycles. The second-order valence-corrected chi connectivity index (χ2v) is 10.9. The van der Waals surface area contributed by atoms with Crippen LogP contribution in [0.25, 0.3) is 0 Å². The number of nitrogen functional groups attached to an aromatic ring is 1. The van der Waals surface area contributed by atoms with Crippen LogP contribution in [0.15, 0.2) is 36.4 Å². The number of rotatable bonds is 5. The van der Waals surface area contributed by atoms with E-state index in [1.54, 1.807) is 18.2 Å². The Morgan fingerprint density at radius 3 is 2.79 bits per heavy atom. The maximum atomic E-state index is 13.3. The molecule has 4 aliphatic rings. The number of phenols is 2.